The summed E-state index contributed by atoms with van der Waals surface area (Å²) in [5.74, 6) is -3.43. The van der Waals surface area contributed by atoms with E-state index in [0.29, 0.717) is 52.2 Å². The number of ether oxygens (including phenoxy) is 1. The Morgan fingerprint density at radius 1 is 1.24 bits per heavy atom. The number of nitrogens with one attached hydrogen (secondary N) is 2. The van der Waals surface area contributed by atoms with Crippen LogP contribution in [-0.4, -0.2) is 64.8 Å². The summed E-state index contributed by atoms with van der Waals surface area (Å²) in [5.41, 5.74) is 1.61. The van der Waals surface area contributed by atoms with Crippen LogP contribution in [-0.2, 0) is 4.74 Å². The first-order valence-corrected chi connectivity index (χ1v) is 11.2. The fourth-order valence-electron chi connectivity index (χ4n) is 4.47. The van der Waals surface area contributed by atoms with E-state index in [4.69, 9.17) is 4.74 Å². The highest BCUT2D eigenvalue weighted by Gasteiger charge is 2.24. The highest BCUT2D eigenvalue weighted by molar-refractivity contribution is 6.18. The molecule has 0 saturated heterocycles. The number of hydrogen-bond donors (Lipinski definition) is 3. The van der Waals surface area contributed by atoms with Crippen LogP contribution in [0.1, 0.15) is 10.4 Å². The van der Waals surface area contributed by atoms with E-state index < -0.39 is 28.7 Å². The summed E-state index contributed by atoms with van der Waals surface area (Å²) in [6.45, 7) is 0.757. The minimum atomic E-state index is -1.39. The number of pyridine rings is 2. The third-order valence-electron chi connectivity index (χ3n) is 6.29. The van der Waals surface area contributed by atoms with Crippen molar-refractivity contribution in [2.75, 3.05) is 44.6 Å². The zero-order chi connectivity index (χ0) is 26.4. The van der Waals surface area contributed by atoms with E-state index in [9.17, 15) is 19.1 Å². The lowest BCUT2D eigenvalue weighted by molar-refractivity contribution is 0.0694. The molecular weight excluding hydrogens is 486 g/mol. The second-order valence-electron chi connectivity index (χ2n) is 8.43. The number of halogens is 2. The van der Waals surface area contributed by atoms with Gasteiger partial charge in [-0.3, -0.25) is 9.20 Å². The number of likely N-dealkylation sites (N-methyl/N-ethyl adjacent to an activating group) is 1. The first kappa shape index (κ1) is 24.1. The molecule has 37 heavy (non-hydrogen) atoms. The van der Waals surface area contributed by atoms with Gasteiger partial charge in [0.15, 0.2) is 11.6 Å². The minimum absolute atomic E-state index is 0.0285. The van der Waals surface area contributed by atoms with Gasteiger partial charge in [0.2, 0.25) is 0 Å². The fraction of sp³-hybridized carbons (Fsp3) is 0.200. The Hall–Kier alpha value is -4.58. The van der Waals surface area contributed by atoms with Gasteiger partial charge in [0.05, 0.1) is 34.3 Å². The van der Waals surface area contributed by atoms with Crippen molar-refractivity contribution in [3.05, 3.63) is 64.3 Å². The van der Waals surface area contributed by atoms with E-state index in [-0.39, 0.29) is 11.0 Å². The summed E-state index contributed by atoms with van der Waals surface area (Å²) < 4.78 is 36.3. The van der Waals surface area contributed by atoms with Crippen LogP contribution in [0.15, 0.2) is 41.6 Å². The summed E-state index contributed by atoms with van der Waals surface area (Å²) in [4.78, 5) is 37.7. The van der Waals surface area contributed by atoms with Crippen molar-refractivity contribution in [1.29, 1.82) is 0 Å². The zero-order valence-electron chi connectivity index (χ0n) is 20.1. The summed E-state index contributed by atoms with van der Waals surface area (Å²) in [6.07, 6.45) is 4.03. The molecule has 0 radical (unpaired) electrons. The van der Waals surface area contributed by atoms with Crippen LogP contribution < -0.4 is 15.8 Å². The van der Waals surface area contributed by atoms with Gasteiger partial charge in [0, 0.05) is 63.5 Å². The number of carbonyl (C=O) groups is 1. The molecule has 5 rings (SSSR count). The fourth-order valence-corrected chi connectivity index (χ4v) is 4.47. The average Bonchev–Trinajstić information content (AvgIpc) is 3.28. The first-order chi connectivity index (χ1) is 17.8. The Labute approximate surface area is 208 Å². The summed E-state index contributed by atoms with van der Waals surface area (Å²) in [6, 6.07) is 4.34. The van der Waals surface area contributed by atoms with Gasteiger partial charge >= 0.3 is 5.97 Å². The van der Waals surface area contributed by atoms with E-state index in [1.165, 1.54) is 6.20 Å². The third kappa shape index (κ3) is 3.82. The molecule has 12 heteroatoms. The lowest BCUT2D eigenvalue weighted by atomic mass is 10.0. The molecule has 190 valence electrons. The van der Waals surface area contributed by atoms with Crippen molar-refractivity contribution >= 4 is 44.9 Å². The topological polar surface area (TPSA) is 125 Å². The van der Waals surface area contributed by atoms with Crippen LogP contribution in [0.2, 0.25) is 0 Å². The number of carboxylic acids is 1. The average molecular weight is 508 g/mol. The number of H-pyrrole nitrogens is 1. The Kier molecular flexibility index (Phi) is 5.96. The minimum Gasteiger partial charge on any atom is -0.477 e. The Morgan fingerprint density at radius 2 is 2.03 bits per heavy atom. The molecule has 0 saturated carbocycles. The number of aromatic carboxylic acids is 1. The molecule has 0 amide bonds. The van der Waals surface area contributed by atoms with Crippen molar-refractivity contribution in [1.82, 2.24) is 19.4 Å². The predicted octanol–water partition coefficient (Wildman–Crippen LogP) is 3.49. The van der Waals surface area contributed by atoms with Gasteiger partial charge in [-0.05, 0) is 12.1 Å². The molecule has 0 aliphatic carbocycles. The van der Waals surface area contributed by atoms with Crippen molar-refractivity contribution < 1.29 is 23.4 Å². The molecule has 4 aromatic heterocycles. The van der Waals surface area contributed by atoms with Gasteiger partial charge in [-0.2, -0.15) is 0 Å². The molecule has 3 N–H and O–H groups in total. The van der Waals surface area contributed by atoms with Gasteiger partial charge in [0.25, 0.3) is 5.56 Å². The lowest BCUT2D eigenvalue weighted by Gasteiger charge is -2.23. The van der Waals surface area contributed by atoms with Crippen molar-refractivity contribution in [2.24, 2.45) is 0 Å². The first-order valence-electron chi connectivity index (χ1n) is 11.2. The maximum atomic E-state index is 15.3. The molecule has 0 atom stereocenters. The smallest absolute Gasteiger partial charge is 0.342 e. The van der Waals surface area contributed by atoms with E-state index in [1.807, 2.05) is 4.90 Å². The molecule has 0 bridgehead atoms. The number of methoxy groups -OCH3 is 1. The SMILES string of the molecule is CNc1cc(F)c(F)c2c1[nH]c1ncc(-c3ccc4ncc(C(=O)O)c(=O)n4c3)c(N(C)CCOC)c12. The van der Waals surface area contributed by atoms with Crippen molar-refractivity contribution in [3.8, 4) is 11.1 Å². The van der Waals surface area contributed by atoms with Gasteiger partial charge in [-0.1, -0.05) is 0 Å². The highest BCUT2D eigenvalue weighted by Crippen LogP contribution is 2.42. The normalized spacial score (nSPS) is 11.5. The standard InChI is InChI=1S/C25H22F2N6O4/c1-28-16-8-15(26)20(27)18-19-22(32(2)6-7-37-3)13(9-30-23(19)31-21(16)18)12-4-5-17-29-10-14(25(35)36)24(34)33(17)11-12/h4-5,8-11,28H,6-7H2,1-3H3,(H,30,31)(H,35,36). The largest absolute Gasteiger partial charge is 0.477 e. The zero-order valence-corrected chi connectivity index (χ0v) is 20.1. The summed E-state index contributed by atoms with van der Waals surface area (Å²) in [5, 5.41) is 12.6. The number of carboxylic acid groups (broad SMARTS) is 1. The molecule has 0 unspecified atom stereocenters. The molecule has 1 aromatic carbocycles. The number of rotatable bonds is 7. The maximum absolute atomic E-state index is 15.3. The highest BCUT2D eigenvalue weighted by atomic mass is 19.2. The molecule has 0 aliphatic heterocycles. The summed E-state index contributed by atoms with van der Waals surface area (Å²) >= 11 is 0. The van der Waals surface area contributed by atoms with Gasteiger partial charge < -0.3 is 25.0 Å². The quantitative estimate of drug-likeness (QED) is 0.305. The third-order valence-corrected chi connectivity index (χ3v) is 6.29. The van der Waals surface area contributed by atoms with Crippen LogP contribution in [0, 0.1) is 11.6 Å². The number of aromatic nitrogens is 4. The van der Waals surface area contributed by atoms with Crippen LogP contribution in [0.5, 0.6) is 0 Å². The van der Waals surface area contributed by atoms with Crippen molar-refractivity contribution in [2.45, 2.75) is 0 Å². The Bertz CT molecular complexity index is 1760. The number of fused-ring (bicyclic) bond motifs is 4. The number of anilines is 2. The molecule has 10 nitrogen and oxygen atoms in total. The molecular formula is C25H22F2N6O4. The molecule has 4 heterocycles. The molecule has 0 fully saturated rings. The second kappa shape index (κ2) is 9.13. The van der Waals surface area contributed by atoms with Crippen LogP contribution in [0.25, 0.3) is 38.7 Å². The van der Waals surface area contributed by atoms with Crippen LogP contribution in [0.4, 0.5) is 20.2 Å². The Morgan fingerprint density at radius 3 is 2.73 bits per heavy atom. The van der Waals surface area contributed by atoms with E-state index in [2.05, 4.69) is 20.3 Å². The second-order valence-corrected chi connectivity index (χ2v) is 8.43. The van der Waals surface area contributed by atoms with E-state index in [0.717, 1.165) is 16.7 Å². The number of hydrogen-bond acceptors (Lipinski definition) is 7. The van der Waals surface area contributed by atoms with Crippen LogP contribution in [0.3, 0.4) is 0 Å². The van der Waals surface area contributed by atoms with Crippen molar-refractivity contribution in [3.63, 3.8) is 0 Å². The number of nitrogens with zero attached hydrogens (tertiary/aromatic N) is 4. The molecule has 5 aromatic rings. The monoisotopic (exact) mass is 508 g/mol. The summed E-state index contributed by atoms with van der Waals surface area (Å²) in [7, 11) is 4.94. The van der Waals surface area contributed by atoms with Crippen LogP contribution >= 0.6 is 0 Å². The predicted molar refractivity (Wildman–Crippen MR) is 136 cm³/mol. The van der Waals surface area contributed by atoms with E-state index in [1.54, 1.807) is 39.5 Å². The Balaban J connectivity index is 1.87. The maximum Gasteiger partial charge on any atom is 0.342 e. The van der Waals surface area contributed by atoms with Gasteiger partial charge in [0.1, 0.15) is 16.9 Å². The van der Waals surface area contributed by atoms with Gasteiger partial charge in [-0.15, -0.1) is 0 Å². The number of benzene rings is 1. The molecule has 0 aliphatic rings. The van der Waals surface area contributed by atoms with E-state index >= 15 is 4.39 Å². The molecule has 0 spiro atoms. The number of aromatic amines is 1. The van der Waals surface area contributed by atoms with Gasteiger partial charge in [-0.25, -0.2) is 23.5 Å². The lowest BCUT2D eigenvalue weighted by Crippen LogP contribution is -2.24.